The van der Waals surface area contributed by atoms with Gasteiger partial charge in [-0.15, -0.1) is 0 Å². The molecule has 148 valence electrons. The average Bonchev–Trinajstić information content (AvgIpc) is 2.60. The van der Waals surface area contributed by atoms with Gasteiger partial charge < -0.3 is 10.3 Å². The van der Waals surface area contributed by atoms with Crippen LogP contribution < -0.4 is 10.9 Å². The van der Waals surface area contributed by atoms with E-state index in [-0.39, 0.29) is 22.6 Å². The summed E-state index contributed by atoms with van der Waals surface area (Å²) < 4.78 is 0. The van der Waals surface area contributed by atoms with Crippen molar-refractivity contribution in [2.75, 3.05) is 19.6 Å². The second-order valence-corrected chi connectivity index (χ2v) is 8.45. The van der Waals surface area contributed by atoms with Crippen molar-refractivity contribution in [1.82, 2.24) is 15.2 Å². The number of carbonyl (C=O) groups excluding carboxylic acids is 1. The first-order chi connectivity index (χ1) is 12.7. The number of H-pyrrole nitrogens is 1. The van der Waals surface area contributed by atoms with Crippen LogP contribution in [0.3, 0.4) is 0 Å². The first kappa shape index (κ1) is 21.2. The fraction of sp³-hybridized carbons (Fsp3) is 0.667. The highest BCUT2D eigenvalue weighted by atomic mass is 16.1. The number of rotatable bonds is 6. The molecule has 1 unspecified atom stereocenters. The van der Waals surface area contributed by atoms with Crippen LogP contribution in [-0.4, -0.2) is 41.0 Å². The summed E-state index contributed by atoms with van der Waals surface area (Å²) in [4.78, 5) is 29.4. The average molecular weight is 373 g/mol. The van der Waals surface area contributed by atoms with Gasteiger partial charge in [-0.3, -0.25) is 14.5 Å². The lowest BCUT2D eigenvalue weighted by molar-refractivity contribution is -0.121. The zero-order valence-electron chi connectivity index (χ0n) is 17.2. The van der Waals surface area contributed by atoms with Gasteiger partial charge in [0.1, 0.15) is 11.6 Å². The zero-order valence-corrected chi connectivity index (χ0v) is 17.2. The van der Waals surface area contributed by atoms with Crippen LogP contribution in [0.1, 0.15) is 62.4 Å². The van der Waals surface area contributed by atoms with Crippen molar-refractivity contribution in [3.8, 4) is 6.07 Å². The molecule has 0 bridgehead atoms. The van der Waals surface area contributed by atoms with E-state index >= 15 is 0 Å². The van der Waals surface area contributed by atoms with Gasteiger partial charge in [0.25, 0.3) is 5.56 Å². The van der Waals surface area contributed by atoms with Gasteiger partial charge in [-0.2, -0.15) is 5.26 Å². The highest BCUT2D eigenvalue weighted by Crippen LogP contribution is 2.23. The lowest BCUT2D eigenvalue weighted by Gasteiger charge is -2.43. The number of nitrogens with one attached hydrogen (secondary N) is 2. The molecule has 1 fully saturated rings. The van der Waals surface area contributed by atoms with E-state index in [4.69, 9.17) is 5.26 Å². The molecule has 0 radical (unpaired) electrons. The van der Waals surface area contributed by atoms with Crippen LogP contribution in [0.4, 0.5) is 0 Å². The number of hydrogen-bond acceptors (Lipinski definition) is 4. The molecule has 2 rings (SSSR count). The van der Waals surface area contributed by atoms with Crippen LogP contribution in [0.5, 0.6) is 0 Å². The summed E-state index contributed by atoms with van der Waals surface area (Å²) in [7, 11) is 0. The number of likely N-dealkylation sites (tertiary alicyclic amines) is 1. The predicted octanol–water partition coefficient (Wildman–Crippen LogP) is 2.42. The number of piperidine rings is 1. The van der Waals surface area contributed by atoms with Crippen molar-refractivity contribution in [2.24, 2.45) is 5.92 Å². The molecule has 1 aliphatic rings. The molecule has 0 spiro atoms. The van der Waals surface area contributed by atoms with Crippen molar-refractivity contribution in [3.63, 3.8) is 0 Å². The van der Waals surface area contributed by atoms with Crippen LogP contribution in [0, 0.1) is 31.1 Å². The normalized spacial score (nSPS) is 18.1. The molecule has 6 heteroatoms. The number of nitrogens with zero attached hydrogens (tertiary/aromatic N) is 2. The number of amides is 1. The molecule has 0 saturated carbocycles. The van der Waals surface area contributed by atoms with Gasteiger partial charge in [0.15, 0.2) is 0 Å². The SMILES string of the molecule is Cc1[nH]c(=O)c(C#N)c(C)c1CCC(=O)NCC(C)(C)N1CCCC(C)C1. The third kappa shape index (κ3) is 5.20. The second kappa shape index (κ2) is 8.71. The van der Waals surface area contributed by atoms with Crippen molar-refractivity contribution < 1.29 is 4.79 Å². The van der Waals surface area contributed by atoms with Gasteiger partial charge in [-0.25, -0.2) is 0 Å². The number of aryl methyl sites for hydroxylation is 1. The molecule has 2 N–H and O–H groups in total. The maximum Gasteiger partial charge on any atom is 0.266 e. The van der Waals surface area contributed by atoms with Gasteiger partial charge in [0.2, 0.25) is 5.91 Å². The zero-order chi connectivity index (χ0) is 20.2. The van der Waals surface area contributed by atoms with E-state index in [1.54, 1.807) is 6.92 Å². The van der Waals surface area contributed by atoms with Crippen LogP contribution in [0.15, 0.2) is 4.79 Å². The van der Waals surface area contributed by atoms with Gasteiger partial charge >= 0.3 is 0 Å². The maximum atomic E-state index is 12.4. The number of pyridine rings is 1. The Hall–Kier alpha value is -2.13. The Bertz CT molecular complexity index is 789. The summed E-state index contributed by atoms with van der Waals surface area (Å²) in [5.41, 5.74) is 1.99. The lowest BCUT2D eigenvalue weighted by atomic mass is 9.93. The molecule has 1 saturated heterocycles. The molecule has 0 aromatic carbocycles. The Balaban J connectivity index is 1.93. The van der Waals surface area contributed by atoms with E-state index in [0.717, 1.165) is 24.3 Å². The fourth-order valence-electron chi connectivity index (χ4n) is 3.91. The first-order valence-electron chi connectivity index (χ1n) is 9.80. The second-order valence-electron chi connectivity index (χ2n) is 8.45. The summed E-state index contributed by atoms with van der Waals surface area (Å²) in [6.45, 7) is 13.0. The Labute approximate surface area is 162 Å². The minimum absolute atomic E-state index is 0.00311. The van der Waals surface area contributed by atoms with Crippen LogP contribution in [0.25, 0.3) is 0 Å². The number of hydrogen-bond donors (Lipinski definition) is 2. The highest BCUT2D eigenvalue weighted by molar-refractivity contribution is 5.76. The molecule has 1 amide bonds. The van der Waals surface area contributed by atoms with Gasteiger partial charge in [-0.05, 0) is 70.5 Å². The molecule has 0 aliphatic carbocycles. The summed E-state index contributed by atoms with van der Waals surface area (Å²) >= 11 is 0. The number of nitriles is 1. The Morgan fingerprint density at radius 2 is 2.11 bits per heavy atom. The van der Waals surface area contributed by atoms with E-state index in [9.17, 15) is 9.59 Å². The van der Waals surface area contributed by atoms with Crippen molar-refractivity contribution in [3.05, 3.63) is 32.7 Å². The topological polar surface area (TPSA) is 89.0 Å². The summed E-state index contributed by atoms with van der Waals surface area (Å²) in [6.07, 6.45) is 3.34. The number of aromatic amines is 1. The molecule has 1 aromatic heterocycles. The molecule has 6 nitrogen and oxygen atoms in total. The van der Waals surface area contributed by atoms with E-state index in [2.05, 4.69) is 36.0 Å². The molecule has 1 aliphatic heterocycles. The van der Waals surface area contributed by atoms with E-state index in [1.807, 2.05) is 13.0 Å². The minimum Gasteiger partial charge on any atom is -0.354 e. The number of aromatic nitrogens is 1. The molecular formula is C21H32N4O2. The first-order valence-corrected chi connectivity index (χ1v) is 9.80. The van der Waals surface area contributed by atoms with Crippen molar-refractivity contribution >= 4 is 5.91 Å². The Morgan fingerprint density at radius 3 is 2.74 bits per heavy atom. The maximum absolute atomic E-state index is 12.4. The Morgan fingerprint density at radius 1 is 1.41 bits per heavy atom. The van der Waals surface area contributed by atoms with Gasteiger partial charge in [0.05, 0.1) is 0 Å². The highest BCUT2D eigenvalue weighted by Gasteiger charge is 2.30. The van der Waals surface area contributed by atoms with E-state index < -0.39 is 0 Å². The summed E-state index contributed by atoms with van der Waals surface area (Å²) in [5, 5.41) is 12.2. The van der Waals surface area contributed by atoms with Crippen molar-refractivity contribution in [1.29, 1.82) is 5.26 Å². The fourth-order valence-corrected chi connectivity index (χ4v) is 3.91. The smallest absolute Gasteiger partial charge is 0.266 e. The van der Waals surface area contributed by atoms with Gasteiger partial charge in [-0.1, -0.05) is 6.92 Å². The van der Waals surface area contributed by atoms with Crippen LogP contribution >= 0.6 is 0 Å². The monoisotopic (exact) mass is 372 g/mol. The van der Waals surface area contributed by atoms with E-state index in [0.29, 0.717) is 30.9 Å². The lowest BCUT2D eigenvalue weighted by Crippen LogP contribution is -2.54. The standard InChI is InChI=1S/C21H32N4O2/c1-14-7-6-10-25(12-14)21(4,5)13-23-19(26)9-8-17-15(2)18(11-22)20(27)24-16(17)3/h14H,6-10,12-13H2,1-5H3,(H,23,26)(H,24,27). The third-order valence-electron chi connectivity index (χ3n) is 5.75. The van der Waals surface area contributed by atoms with Crippen LogP contribution in [0.2, 0.25) is 0 Å². The molecule has 1 aromatic rings. The predicted molar refractivity (Wildman–Crippen MR) is 107 cm³/mol. The third-order valence-corrected chi connectivity index (χ3v) is 5.75. The Kier molecular flexibility index (Phi) is 6.83. The van der Waals surface area contributed by atoms with E-state index in [1.165, 1.54) is 12.8 Å². The summed E-state index contributed by atoms with van der Waals surface area (Å²) in [6, 6.07) is 1.95. The van der Waals surface area contributed by atoms with Gasteiger partial charge in [0, 0.05) is 30.7 Å². The summed E-state index contributed by atoms with van der Waals surface area (Å²) in [5.74, 6) is 0.700. The molecule has 2 heterocycles. The van der Waals surface area contributed by atoms with Crippen molar-refractivity contribution in [2.45, 2.75) is 65.8 Å². The molecule has 1 atom stereocenters. The molecular weight excluding hydrogens is 340 g/mol. The molecule has 27 heavy (non-hydrogen) atoms. The minimum atomic E-state index is -0.363. The van der Waals surface area contributed by atoms with Crippen LogP contribution in [-0.2, 0) is 11.2 Å². The largest absolute Gasteiger partial charge is 0.354 e. The quantitative estimate of drug-likeness (QED) is 0.802. The number of carbonyl (C=O) groups is 1.